The molecule has 0 bridgehead atoms. The van der Waals surface area contributed by atoms with E-state index in [0.717, 1.165) is 55.0 Å². The van der Waals surface area contributed by atoms with Gasteiger partial charge in [-0.1, -0.05) is 12.1 Å². The number of pyridine rings is 1. The summed E-state index contributed by atoms with van der Waals surface area (Å²) in [5, 5.41) is 12.3. The van der Waals surface area contributed by atoms with Gasteiger partial charge in [-0.15, -0.1) is 0 Å². The molecule has 134 valence electrons. The number of nitrogens with zero attached hydrogens (tertiary/aromatic N) is 5. The Kier molecular flexibility index (Phi) is 5.01. The molecule has 3 heterocycles. The second-order valence-corrected chi connectivity index (χ2v) is 6.31. The Morgan fingerprint density at radius 2 is 1.73 bits per heavy atom. The lowest BCUT2D eigenvalue weighted by Crippen LogP contribution is -2.49. The summed E-state index contributed by atoms with van der Waals surface area (Å²) in [6, 6.07) is 11.9. The monoisotopic (exact) mass is 350 g/mol. The fourth-order valence-corrected chi connectivity index (χ4v) is 3.17. The number of aromatic nitrogens is 3. The summed E-state index contributed by atoms with van der Waals surface area (Å²) in [6.45, 7) is 4.54. The van der Waals surface area contributed by atoms with Crippen LogP contribution in [0.5, 0.6) is 0 Å². The number of rotatable bonds is 5. The molecule has 1 aliphatic heterocycles. The van der Waals surface area contributed by atoms with Crippen molar-refractivity contribution in [3.8, 4) is 11.4 Å². The van der Waals surface area contributed by atoms with E-state index in [9.17, 15) is 0 Å². The normalized spacial score (nSPS) is 16.0. The molecule has 0 saturated carbocycles. The lowest BCUT2D eigenvalue weighted by molar-refractivity contribution is 0.127. The highest BCUT2D eigenvalue weighted by molar-refractivity contribution is 5.90. The number of aliphatic hydroxyl groups excluding tert-OH is 1. The molecule has 2 aromatic heterocycles. The number of para-hydroxylation sites is 1. The molecule has 2 N–H and O–H groups in total. The molecule has 3 aromatic rings. The lowest BCUT2D eigenvalue weighted by atomic mass is 10.2. The number of aliphatic hydroxyl groups is 1. The van der Waals surface area contributed by atoms with Crippen molar-refractivity contribution in [3.63, 3.8) is 0 Å². The molecule has 1 saturated heterocycles. The zero-order chi connectivity index (χ0) is 17.8. The molecule has 0 amide bonds. The van der Waals surface area contributed by atoms with Gasteiger partial charge >= 0.3 is 0 Å². The van der Waals surface area contributed by atoms with Crippen LogP contribution in [0, 0.1) is 0 Å². The molecular weight excluding hydrogens is 328 g/mol. The summed E-state index contributed by atoms with van der Waals surface area (Å²) >= 11 is 0. The van der Waals surface area contributed by atoms with Crippen molar-refractivity contribution in [1.29, 1.82) is 0 Å². The summed E-state index contributed by atoms with van der Waals surface area (Å²) in [5.41, 5.74) is 5.33. The lowest BCUT2D eigenvalue weighted by Gasteiger charge is -2.34. The van der Waals surface area contributed by atoms with Gasteiger partial charge in [0.25, 0.3) is 0 Å². The van der Waals surface area contributed by atoms with Gasteiger partial charge in [-0.05, 0) is 24.3 Å². The minimum absolute atomic E-state index is 0.208. The van der Waals surface area contributed by atoms with Crippen molar-refractivity contribution in [2.75, 3.05) is 44.8 Å². The van der Waals surface area contributed by atoms with Crippen LogP contribution in [0.2, 0.25) is 0 Å². The van der Waals surface area contributed by atoms with Gasteiger partial charge in [0.1, 0.15) is 0 Å². The number of benzene rings is 1. The first-order valence-electron chi connectivity index (χ1n) is 8.85. The quantitative estimate of drug-likeness (QED) is 0.724. The van der Waals surface area contributed by atoms with Crippen LogP contribution in [-0.4, -0.2) is 69.3 Å². The number of piperazine rings is 1. The summed E-state index contributed by atoms with van der Waals surface area (Å²) in [7, 11) is 0. The molecule has 0 radical (unpaired) electrons. The first kappa shape index (κ1) is 16.8. The van der Waals surface area contributed by atoms with E-state index in [1.165, 1.54) is 0 Å². The topological polar surface area (TPSA) is 77.4 Å². The molecule has 1 aromatic carbocycles. The average Bonchev–Trinajstić information content (AvgIpc) is 2.70. The third-order valence-electron chi connectivity index (χ3n) is 4.59. The molecule has 7 heteroatoms. The van der Waals surface area contributed by atoms with Crippen LogP contribution in [-0.2, 0) is 0 Å². The van der Waals surface area contributed by atoms with Crippen LogP contribution in [0.1, 0.15) is 0 Å². The number of hydrogen-bond acceptors (Lipinski definition) is 7. The maximum atomic E-state index is 9.08. The Morgan fingerprint density at radius 3 is 2.50 bits per heavy atom. The average molecular weight is 350 g/mol. The van der Waals surface area contributed by atoms with Crippen LogP contribution in [0.3, 0.4) is 0 Å². The number of β-amino-alcohol motifs (C(OH)–C–C–N with tert-alkyl or cyclic N) is 1. The van der Waals surface area contributed by atoms with Crippen molar-refractivity contribution >= 4 is 16.7 Å². The van der Waals surface area contributed by atoms with Crippen LogP contribution >= 0.6 is 0 Å². The van der Waals surface area contributed by atoms with Crippen molar-refractivity contribution < 1.29 is 5.11 Å². The molecule has 1 fully saturated rings. The third-order valence-corrected chi connectivity index (χ3v) is 4.59. The zero-order valence-electron chi connectivity index (χ0n) is 14.5. The molecule has 26 heavy (non-hydrogen) atoms. The molecule has 1 aliphatic rings. The SMILES string of the molecule is OCCN1CCN(Nc2nc(-c3ccncc3)nc3ccccc23)CC1. The molecule has 7 nitrogen and oxygen atoms in total. The summed E-state index contributed by atoms with van der Waals surface area (Å²) in [5.74, 6) is 1.51. The number of hydrazine groups is 1. The number of anilines is 1. The molecule has 0 aliphatic carbocycles. The number of hydrogen-bond donors (Lipinski definition) is 2. The highest BCUT2D eigenvalue weighted by atomic mass is 16.3. The van der Waals surface area contributed by atoms with Gasteiger partial charge in [-0.25, -0.2) is 15.0 Å². The van der Waals surface area contributed by atoms with E-state index >= 15 is 0 Å². The molecule has 0 spiro atoms. The van der Waals surface area contributed by atoms with Gasteiger partial charge in [-0.3, -0.25) is 9.88 Å². The third kappa shape index (κ3) is 3.65. The summed E-state index contributed by atoms with van der Waals surface area (Å²) < 4.78 is 0. The van der Waals surface area contributed by atoms with Gasteiger partial charge in [0.15, 0.2) is 11.6 Å². The standard InChI is InChI=1S/C19H22N6O/c26-14-13-24-9-11-25(12-10-24)23-19-16-3-1-2-4-17(16)21-18(22-19)15-5-7-20-8-6-15/h1-8,26H,9-14H2,(H,21,22,23). The highest BCUT2D eigenvalue weighted by Crippen LogP contribution is 2.25. The van der Waals surface area contributed by atoms with Crippen molar-refractivity contribution in [3.05, 3.63) is 48.8 Å². The fraction of sp³-hybridized carbons (Fsp3) is 0.316. The first-order chi connectivity index (χ1) is 12.8. The number of nitrogens with one attached hydrogen (secondary N) is 1. The van der Waals surface area contributed by atoms with E-state index in [-0.39, 0.29) is 6.61 Å². The Hall–Kier alpha value is -2.61. The maximum absolute atomic E-state index is 9.08. The smallest absolute Gasteiger partial charge is 0.162 e. The summed E-state index contributed by atoms with van der Waals surface area (Å²) in [4.78, 5) is 15.8. The molecule has 0 atom stereocenters. The minimum Gasteiger partial charge on any atom is -0.395 e. The van der Waals surface area contributed by atoms with Gasteiger partial charge in [0.2, 0.25) is 0 Å². The summed E-state index contributed by atoms with van der Waals surface area (Å²) in [6.07, 6.45) is 3.50. The van der Waals surface area contributed by atoms with Crippen LogP contribution in [0.15, 0.2) is 48.8 Å². The maximum Gasteiger partial charge on any atom is 0.162 e. The molecule has 4 rings (SSSR count). The van der Waals surface area contributed by atoms with E-state index in [1.807, 2.05) is 36.4 Å². The predicted molar refractivity (Wildman–Crippen MR) is 101 cm³/mol. The Labute approximate surface area is 152 Å². The van der Waals surface area contributed by atoms with Gasteiger partial charge in [0, 0.05) is 56.1 Å². The van der Waals surface area contributed by atoms with E-state index in [2.05, 4.69) is 20.3 Å². The van der Waals surface area contributed by atoms with Gasteiger partial charge in [-0.2, -0.15) is 0 Å². The first-order valence-corrected chi connectivity index (χ1v) is 8.85. The highest BCUT2D eigenvalue weighted by Gasteiger charge is 2.18. The van der Waals surface area contributed by atoms with Gasteiger partial charge < -0.3 is 10.5 Å². The van der Waals surface area contributed by atoms with E-state index in [1.54, 1.807) is 12.4 Å². The van der Waals surface area contributed by atoms with E-state index in [4.69, 9.17) is 15.1 Å². The second-order valence-electron chi connectivity index (χ2n) is 6.31. The van der Waals surface area contributed by atoms with Gasteiger partial charge in [0.05, 0.1) is 12.1 Å². The minimum atomic E-state index is 0.208. The Balaban J connectivity index is 1.62. The largest absolute Gasteiger partial charge is 0.395 e. The van der Waals surface area contributed by atoms with Crippen LogP contribution in [0.25, 0.3) is 22.3 Å². The zero-order valence-corrected chi connectivity index (χ0v) is 14.5. The van der Waals surface area contributed by atoms with Crippen molar-refractivity contribution in [2.24, 2.45) is 0 Å². The fourth-order valence-electron chi connectivity index (χ4n) is 3.17. The van der Waals surface area contributed by atoms with E-state index in [0.29, 0.717) is 5.82 Å². The Morgan fingerprint density at radius 1 is 0.962 bits per heavy atom. The van der Waals surface area contributed by atoms with Crippen LogP contribution in [0.4, 0.5) is 5.82 Å². The number of fused-ring (bicyclic) bond motifs is 1. The van der Waals surface area contributed by atoms with E-state index < -0.39 is 0 Å². The molecule has 0 unspecified atom stereocenters. The Bertz CT molecular complexity index is 864. The second kappa shape index (κ2) is 7.74. The van der Waals surface area contributed by atoms with Crippen LogP contribution < -0.4 is 5.43 Å². The molecular formula is C19H22N6O. The predicted octanol–water partition coefficient (Wildman–Crippen LogP) is 1.63. The van der Waals surface area contributed by atoms with Crippen molar-refractivity contribution in [2.45, 2.75) is 0 Å². The van der Waals surface area contributed by atoms with Crippen molar-refractivity contribution in [1.82, 2.24) is 24.9 Å².